The number of benzene rings is 2. The van der Waals surface area contributed by atoms with Gasteiger partial charge in [-0.15, -0.1) is 0 Å². The lowest BCUT2D eigenvalue weighted by Crippen LogP contribution is -2.64. The van der Waals surface area contributed by atoms with Crippen molar-refractivity contribution in [1.82, 2.24) is 0 Å². The fourth-order valence-corrected chi connectivity index (χ4v) is 6.11. The van der Waals surface area contributed by atoms with E-state index >= 15 is 0 Å². The van der Waals surface area contributed by atoms with Gasteiger partial charge in [-0.05, 0) is 61.4 Å². The molecule has 55 heavy (non-hydrogen) atoms. The van der Waals surface area contributed by atoms with Crippen LogP contribution >= 0.6 is 0 Å². The second-order valence-corrected chi connectivity index (χ2v) is 13.9. The Bertz CT molecular complexity index is 1300. The number of rotatable bonds is 22. The minimum absolute atomic E-state index is 0.196. The summed E-state index contributed by atoms with van der Waals surface area (Å²) < 4.78 is 38.9. The summed E-state index contributed by atoms with van der Waals surface area (Å²) in [5.41, 5.74) is 0.392. The van der Waals surface area contributed by atoms with Crippen molar-refractivity contribution in [2.45, 2.75) is 139 Å². The van der Waals surface area contributed by atoms with Crippen molar-refractivity contribution in [3.8, 4) is 11.5 Å². The van der Waals surface area contributed by atoms with E-state index in [0.29, 0.717) is 24.7 Å². The number of aliphatic hydroxyl groups is 6. The van der Waals surface area contributed by atoms with Crippen LogP contribution in [0.5, 0.6) is 11.5 Å². The molecule has 2 aliphatic rings. The molecule has 10 atom stereocenters. The summed E-state index contributed by atoms with van der Waals surface area (Å²) in [6.45, 7) is 4.31. The Balaban J connectivity index is 1.26. The molecule has 2 saturated heterocycles. The Hall–Kier alpha value is -3.38. The molecule has 0 spiro atoms. The van der Waals surface area contributed by atoms with Crippen LogP contribution in [0, 0.1) is 0 Å². The largest absolute Gasteiger partial charge is 0.494 e. The molecule has 308 valence electrons. The molecule has 2 heterocycles. The average molecular weight is 779 g/mol. The van der Waals surface area contributed by atoms with Crippen LogP contribution in [-0.2, 0) is 23.7 Å². The van der Waals surface area contributed by atoms with Gasteiger partial charge in [0.25, 0.3) is 0 Å². The minimum Gasteiger partial charge on any atom is -0.494 e. The van der Waals surface area contributed by atoms with Gasteiger partial charge in [-0.25, -0.2) is 9.59 Å². The molecule has 6 N–H and O–H groups in total. The zero-order valence-corrected chi connectivity index (χ0v) is 31.6. The van der Waals surface area contributed by atoms with Gasteiger partial charge in [-0.2, -0.15) is 0 Å². The zero-order valence-electron chi connectivity index (χ0n) is 31.6. The second-order valence-electron chi connectivity index (χ2n) is 13.9. The van der Waals surface area contributed by atoms with Crippen molar-refractivity contribution in [3.05, 3.63) is 59.7 Å². The first-order valence-corrected chi connectivity index (χ1v) is 19.4. The normalized spacial score (nSPS) is 28.0. The van der Waals surface area contributed by atoms with E-state index in [1.54, 1.807) is 24.3 Å². The van der Waals surface area contributed by atoms with Crippen LogP contribution in [0.25, 0.3) is 0 Å². The number of esters is 2. The first-order chi connectivity index (χ1) is 26.5. The fraction of sp³-hybridized carbons (Fsp3) is 0.650. The predicted molar refractivity (Wildman–Crippen MR) is 196 cm³/mol. The van der Waals surface area contributed by atoms with Crippen LogP contribution in [0.2, 0.25) is 0 Å². The maximum atomic E-state index is 12.8. The fourth-order valence-electron chi connectivity index (χ4n) is 6.11. The van der Waals surface area contributed by atoms with Gasteiger partial charge in [-0.1, -0.05) is 65.2 Å². The maximum Gasteiger partial charge on any atom is 0.338 e. The highest BCUT2D eigenvalue weighted by Crippen LogP contribution is 2.29. The van der Waals surface area contributed by atoms with Gasteiger partial charge >= 0.3 is 11.9 Å². The molecule has 2 aromatic carbocycles. The monoisotopic (exact) mass is 778 g/mol. The first kappa shape index (κ1) is 44.3. The molecule has 0 saturated carbocycles. The third-order valence-electron chi connectivity index (χ3n) is 9.58. The number of carbonyl (C=O) groups excluding carboxylic acids is 2. The van der Waals surface area contributed by atoms with Crippen molar-refractivity contribution in [2.24, 2.45) is 0 Å². The van der Waals surface area contributed by atoms with Gasteiger partial charge in [-0.3, -0.25) is 0 Å². The summed E-state index contributed by atoms with van der Waals surface area (Å²) in [6.07, 6.45) is -6.11. The van der Waals surface area contributed by atoms with Crippen LogP contribution in [0.15, 0.2) is 48.5 Å². The lowest BCUT2D eigenvalue weighted by atomic mass is 9.98. The second kappa shape index (κ2) is 23.0. The number of carbonyl (C=O) groups is 2. The number of ether oxygens (including phenoxy) is 7. The van der Waals surface area contributed by atoms with E-state index in [0.717, 1.165) is 51.4 Å². The highest BCUT2D eigenvalue weighted by atomic mass is 16.8. The van der Waals surface area contributed by atoms with Crippen molar-refractivity contribution in [1.29, 1.82) is 0 Å². The van der Waals surface area contributed by atoms with E-state index in [4.69, 9.17) is 33.2 Å². The molecule has 15 heteroatoms. The van der Waals surface area contributed by atoms with Crippen LogP contribution in [0.4, 0.5) is 0 Å². The van der Waals surface area contributed by atoms with Gasteiger partial charge in [0.05, 0.1) is 24.3 Å². The summed E-state index contributed by atoms with van der Waals surface area (Å²) in [7, 11) is 0. The molecule has 0 aliphatic carbocycles. The van der Waals surface area contributed by atoms with Crippen molar-refractivity contribution < 1.29 is 73.4 Å². The summed E-state index contributed by atoms with van der Waals surface area (Å²) in [4.78, 5) is 25.5. The van der Waals surface area contributed by atoms with Crippen LogP contribution < -0.4 is 9.47 Å². The Kier molecular flexibility index (Phi) is 18.5. The van der Waals surface area contributed by atoms with Gasteiger partial charge < -0.3 is 63.8 Å². The molecule has 4 rings (SSSR count). The van der Waals surface area contributed by atoms with Crippen LogP contribution in [0.1, 0.15) is 98.8 Å². The molecule has 15 nitrogen and oxygen atoms in total. The Morgan fingerprint density at radius 2 is 0.873 bits per heavy atom. The summed E-state index contributed by atoms with van der Waals surface area (Å²) in [5, 5.41) is 63.5. The molecule has 0 amide bonds. The van der Waals surface area contributed by atoms with Gasteiger partial charge in [0, 0.05) is 0 Å². The van der Waals surface area contributed by atoms with E-state index in [2.05, 4.69) is 13.8 Å². The number of aliphatic hydroxyl groups excluding tert-OH is 6. The van der Waals surface area contributed by atoms with E-state index in [1.165, 1.54) is 37.1 Å². The molecule has 0 aromatic heterocycles. The average Bonchev–Trinajstić information content (AvgIpc) is 3.20. The molecule has 2 aliphatic heterocycles. The van der Waals surface area contributed by atoms with Crippen molar-refractivity contribution in [2.75, 3.05) is 26.4 Å². The van der Waals surface area contributed by atoms with E-state index in [-0.39, 0.29) is 11.1 Å². The van der Waals surface area contributed by atoms with Gasteiger partial charge in [0.2, 0.25) is 0 Å². The SMILES string of the molecule is CCCCCCCOc1ccc(C(=O)OCC2O[C@H](O[C@H]3OC(COC(=O)c4ccc(OCCCCCCC)cc4)[C@@H](O)[C@H](O)C3O)C(O)[C@@H](O)[C@@H]2O)cc1. The van der Waals surface area contributed by atoms with Gasteiger partial charge in [0.15, 0.2) is 12.6 Å². The first-order valence-electron chi connectivity index (χ1n) is 19.4. The zero-order chi connectivity index (χ0) is 39.7. The van der Waals surface area contributed by atoms with E-state index in [1.807, 2.05) is 0 Å². The molecular weight excluding hydrogens is 720 g/mol. The topological polar surface area (TPSA) is 220 Å². The highest BCUT2D eigenvalue weighted by molar-refractivity contribution is 5.90. The predicted octanol–water partition coefficient (Wildman–Crippen LogP) is 3.03. The molecular formula is C40H58O15. The van der Waals surface area contributed by atoms with Crippen molar-refractivity contribution in [3.63, 3.8) is 0 Å². The molecule has 2 fully saturated rings. The van der Waals surface area contributed by atoms with Gasteiger partial charge in [0.1, 0.15) is 73.5 Å². The summed E-state index contributed by atoms with van der Waals surface area (Å²) in [6, 6.07) is 12.6. The lowest BCUT2D eigenvalue weighted by Gasteiger charge is -2.44. The molecule has 2 aromatic rings. The molecule has 0 bridgehead atoms. The Morgan fingerprint density at radius 1 is 0.509 bits per heavy atom. The third-order valence-corrected chi connectivity index (χ3v) is 9.58. The summed E-state index contributed by atoms with van der Waals surface area (Å²) >= 11 is 0. The smallest absolute Gasteiger partial charge is 0.338 e. The number of unbranched alkanes of at least 4 members (excludes halogenated alkanes) is 8. The van der Waals surface area contributed by atoms with E-state index in [9.17, 15) is 40.2 Å². The van der Waals surface area contributed by atoms with Crippen molar-refractivity contribution >= 4 is 11.9 Å². The van der Waals surface area contributed by atoms with Crippen LogP contribution in [0.3, 0.4) is 0 Å². The highest BCUT2D eigenvalue weighted by Gasteiger charge is 2.50. The van der Waals surface area contributed by atoms with Crippen LogP contribution in [-0.4, -0.2) is 130 Å². The maximum absolute atomic E-state index is 12.8. The number of hydrogen-bond donors (Lipinski definition) is 6. The number of hydrogen-bond acceptors (Lipinski definition) is 15. The third kappa shape index (κ3) is 13.4. The Labute approximate surface area is 322 Å². The Morgan fingerprint density at radius 3 is 1.24 bits per heavy atom. The van der Waals surface area contributed by atoms with E-state index < -0.39 is 86.6 Å². The lowest BCUT2D eigenvalue weighted by molar-refractivity contribution is -0.376. The molecule has 4 unspecified atom stereocenters. The summed E-state index contributed by atoms with van der Waals surface area (Å²) in [5.74, 6) is -0.310. The standard InChI is InChI=1S/C40H58O15/c1-3-5-7-9-11-21-49-27-17-13-25(14-18-27)37(47)51-23-29-31(41)33(43)35(45)39(53-29)55-40-36(46)34(44)32(42)30(54-40)24-52-38(48)26-15-19-28(20-16-26)50-22-12-10-8-6-4-2/h13-20,29-36,39-46H,3-12,21-24H2,1-2H3/t29?,30?,31-,32-,33+,34+,35?,36?,39-,40-/m1/s1. The quantitative estimate of drug-likeness (QED) is 0.0748. The minimum atomic E-state index is -1.87. The molecule has 0 radical (unpaired) electrons.